The SMILES string of the molecule is CC(CCCC(OC(=O)c1ncnc(OS(C)(=O)=O)c1OS(C)(=O)=O)N(C)C(=O)OC(C)(C)C)OS(C)(=O)=O. The molecule has 0 saturated heterocycles. The molecule has 0 spiro atoms. The van der Waals surface area contributed by atoms with Gasteiger partial charge in [0.1, 0.15) is 11.9 Å². The van der Waals surface area contributed by atoms with Crippen LogP contribution in [-0.4, -0.2) is 95.9 Å². The van der Waals surface area contributed by atoms with Crippen LogP contribution in [0.5, 0.6) is 11.6 Å². The zero-order valence-corrected chi connectivity index (χ0v) is 25.2. The Bertz CT molecular complexity index is 1350. The van der Waals surface area contributed by atoms with Gasteiger partial charge in [-0.05, 0) is 40.5 Å². The van der Waals surface area contributed by atoms with Gasteiger partial charge < -0.3 is 17.8 Å². The number of nitrogens with zero attached hydrogens (tertiary/aromatic N) is 3. The Morgan fingerprint density at radius 2 is 1.49 bits per heavy atom. The molecule has 1 rings (SSSR count). The number of hydrogen-bond donors (Lipinski definition) is 0. The molecule has 1 aromatic heterocycles. The van der Waals surface area contributed by atoms with Crippen LogP contribution in [0.2, 0.25) is 0 Å². The summed E-state index contributed by atoms with van der Waals surface area (Å²) in [5, 5.41) is 0. The van der Waals surface area contributed by atoms with Crippen LogP contribution >= 0.6 is 0 Å². The van der Waals surface area contributed by atoms with Crippen LogP contribution in [0, 0.1) is 0 Å². The van der Waals surface area contributed by atoms with E-state index in [2.05, 4.69) is 14.2 Å². The van der Waals surface area contributed by atoms with E-state index in [1.807, 2.05) is 0 Å². The summed E-state index contributed by atoms with van der Waals surface area (Å²) in [5.41, 5.74) is -1.72. The molecule has 0 N–H and O–H groups in total. The molecule has 0 aliphatic heterocycles. The first kappa shape index (κ1) is 34.3. The summed E-state index contributed by atoms with van der Waals surface area (Å²) in [4.78, 5) is 33.9. The van der Waals surface area contributed by atoms with Gasteiger partial charge in [0.15, 0.2) is 11.9 Å². The lowest BCUT2D eigenvalue weighted by Gasteiger charge is -2.30. The molecule has 39 heavy (non-hydrogen) atoms. The largest absolute Gasteiger partial charge is 0.444 e. The fraction of sp³-hybridized carbons (Fsp3) is 0.700. The lowest BCUT2D eigenvalue weighted by molar-refractivity contribution is -0.0419. The molecule has 2 atom stereocenters. The number of ether oxygens (including phenoxy) is 2. The standard InChI is InChI=1S/C20H33N3O13S3/c1-13(34-37(6,26)27)10-9-11-14(23(5)19(25)33-20(2,3)4)32-18(24)15-16(35-38(7,28)29)17(22-12-21-15)36-39(8,30)31/h12-14H,9-11H2,1-8H3. The van der Waals surface area contributed by atoms with Crippen molar-refractivity contribution in [3.63, 3.8) is 0 Å². The molecule has 1 amide bonds. The first-order valence-electron chi connectivity index (χ1n) is 11.2. The number of esters is 1. The summed E-state index contributed by atoms with van der Waals surface area (Å²) in [6, 6.07) is 0. The summed E-state index contributed by atoms with van der Waals surface area (Å²) in [7, 11) is -11.0. The quantitative estimate of drug-likeness (QED) is 0.171. The second-order valence-corrected chi connectivity index (χ2v) is 14.2. The smallest absolute Gasteiger partial charge is 0.412 e. The Morgan fingerprint density at radius 3 is 1.97 bits per heavy atom. The molecule has 0 aliphatic rings. The predicted molar refractivity (Wildman–Crippen MR) is 135 cm³/mol. The molecular weight excluding hydrogens is 586 g/mol. The third-order valence-electron chi connectivity index (χ3n) is 4.19. The number of rotatable bonds is 13. The van der Waals surface area contributed by atoms with Crippen LogP contribution in [0.15, 0.2) is 6.33 Å². The molecule has 1 heterocycles. The van der Waals surface area contributed by atoms with E-state index >= 15 is 0 Å². The van der Waals surface area contributed by atoms with E-state index in [1.165, 1.54) is 14.0 Å². The normalized spacial score (nSPS) is 14.2. The lowest BCUT2D eigenvalue weighted by atomic mass is 10.1. The number of aromatic nitrogens is 2. The van der Waals surface area contributed by atoms with Gasteiger partial charge in [-0.25, -0.2) is 14.6 Å². The molecular formula is C20H33N3O13S3. The topological polar surface area (TPSA) is 212 Å². The van der Waals surface area contributed by atoms with Crippen LogP contribution in [0.1, 0.15) is 57.4 Å². The molecule has 0 bridgehead atoms. The first-order valence-corrected chi connectivity index (χ1v) is 16.6. The van der Waals surface area contributed by atoms with Crippen LogP contribution in [0.4, 0.5) is 4.79 Å². The second-order valence-electron chi connectivity index (χ2n) is 9.42. The average Bonchev–Trinajstić information content (AvgIpc) is 2.69. The van der Waals surface area contributed by atoms with E-state index in [-0.39, 0.29) is 19.3 Å². The maximum absolute atomic E-state index is 13.1. The van der Waals surface area contributed by atoms with Gasteiger partial charge in [0.2, 0.25) is 5.75 Å². The van der Waals surface area contributed by atoms with Crippen molar-refractivity contribution in [1.29, 1.82) is 0 Å². The molecule has 19 heteroatoms. The lowest BCUT2D eigenvalue weighted by Crippen LogP contribution is -2.43. The molecule has 0 fully saturated rings. The average molecular weight is 620 g/mol. The van der Waals surface area contributed by atoms with Gasteiger partial charge in [0, 0.05) is 13.5 Å². The summed E-state index contributed by atoms with van der Waals surface area (Å²) in [5.74, 6) is -3.17. The highest BCUT2D eigenvalue weighted by molar-refractivity contribution is 7.86. The first-order chi connectivity index (χ1) is 17.5. The van der Waals surface area contributed by atoms with Crippen molar-refractivity contribution in [2.75, 3.05) is 25.8 Å². The Morgan fingerprint density at radius 1 is 0.923 bits per heavy atom. The Labute approximate surface area is 228 Å². The minimum atomic E-state index is -4.34. The van der Waals surface area contributed by atoms with Crippen molar-refractivity contribution in [3.05, 3.63) is 12.0 Å². The van der Waals surface area contributed by atoms with E-state index in [4.69, 9.17) is 17.8 Å². The van der Waals surface area contributed by atoms with Crippen molar-refractivity contribution in [2.24, 2.45) is 0 Å². The van der Waals surface area contributed by atoms with Crippen LogP contribution in [-0.2, 0) is 44.0 Å². The Balaban J connectivity index is 3.35. The third-order valence-corrected chi connectivity index (χ3v) is 5.79. The fourth-order valence-electron chi connectivity index (χ4n) is 2.82. The molecule has 0 saturated carbocycles. The van der Waals surface area contributed by atoms with Gasteiger partial charge in [0.25, 0.3) is 16.0 Å². The monoisotopic (exact) mass is 619 g/mol. The summed E-state index contributed by atoms with van der Waals surface area (Å²) < 4.78 is 94.4. The number of amides is 1. The summed E-state index contributed by atoms with van der Waals surface area (Å²) in [6.07, 6.45) is 0.277. The minimum absolute atomic E-state index is 0.0427. The number of hydrogen-bond acceptors (Lipinski definition) is 15. The van der Waals surface area contributed by atoms with Crippen LogP contribution in [0.25, 0.3) is 0 Å². The zero-order chi connectivity index (χ0) is 30.4. The van der Waals surface area contributed by atoms with Gasteiger partial charge in [0.05, 0.1) is 24.9 Å². The van der Waals surface area contributed by atoms with Gasteiger partial charge in [-0.3, -0.25) is 9.08 Å². The predicted octanol–water partition coefficient (Wildman–Crippen LogP) is 1.04. The molecule has 0 aromatic carbocycles. The molecule has 16 nitrogen and oxygen atoms in total. The van der Waals surface area contributed by atoms with Gasteiger partial charge >= 0.3 is 32.3 Å². The van der Waals surface area contributed by atoms with E-state index in [1.54, 1.807) is 20.8 Å². The Hall–Kier alpha value is -2.77. The highest BCUT2D eigenvalue weighted by Gasteiger charge is 2.32. The van der Waals surface area contributed by atoms with Crippen molar-refractivity contribution >= 4 is 42.4 Å². The van der Waals surface area contributed by atoms with Crippen LogP contribution in [0.3, 0.4) is 0 Å². The second kappa shape index (κ2) is 13.1. The van der Waals surface area contributed by atoms with E-state index in [0.29, 0.717) is 18.8 Å². The van der Waals surface area contributed by atoms with E-state index in [9.17, 15) is 34.8 Å². The van der Waals surface area contributed by atoms with Crippen molar-refractivity contribution in [2.45, 2.75) is 64.9 Å². The molecule has 1 aromatic rings. The van der Waals surface area contributed by atoms with Crippen molar-refractivity contribution in [1.82, 2.24) is 14.9 Å². The minimum Gasteiger partial charge on any atom is -0.444 e. The van der Waals surface area contributed by atoms with Gasteiger partial charge in [-0.15, -0.1) is 0 Å². The number of carbonyl (C=O) groups is 2. The molecule has 224 valence electrons. The highest BCUT2D eigenvalue weighted by atomic mass is 32.2. The van der Waals surface area contributed by atoms with E-state index in [0.717, 1.165) is 11.2 Å². The van der Waals surface area contributed by atoms with E-state index < -0.39 is 77.7 Å². The summed E-state index contributed by atoms with van der Waals surface area (Å²) in [6.45, 7) is 6.35. The van der Waals surface area contributed by atoms with Crippen molar-refractivity contribution < 1.29 is 56.9 Å². The maximum atomic E-state index is 13.1. The Kier molecular flexibility index (Phi) is 11.5. The summed E-state index contributed by atoms with van der Waals surface area (Å²) >= 11 is 0. The zero-order valence-electron chi connectivity index (χ0n) is 22.7. The van der Waals surface area contributed by atoms with Gasteiger partial charge in [-0.1, -0.05) is 0 Å². The van der Waals surface area contributed by atoms with Crippen molar-refractivity contribution in [3.8, 4) is 11.6 Å². The molecule has 2 unspecified atom stereocenters. The maximum Gasteiger partial charge on any atom is 0.412 e. The fourth-order valence-corrected chi connectivity index (χ4v) is 4.37. The van der Waals surface area contributed by atoms with Gasteiger partial charge in [-0.2, -0.15) is 30.2 Å². The molecule has 0 radical (unpaired) electrons. The van der Waals surface area contributed by atoms with Crippen LogP contribution < -0.4 is 8.37 Å². The highest BCUT2D eigenvalue weighted by Crippen LogP contribution is 2.31. The third kappa shape index (κ3) is 13.7. The molecule has 0 aliphatic carbocycles. The number of carbonyl (C=O) groups excluding carboxylic acids is 2.